The maximum absolute atomic E-state index is 11.3. The van der Waals surface area contributed by atoms with Gasteiger partial charge in [0.2, 0.25) is 5.91 Å². The fourth-order valence-corrected chi connectivity index (χ4v) is 1.50. The number of carbonyl (C=O) groups is 1. The van der Waals surface area contributed by atoms with Gasteiger partial charge in [-0.15, -0.1) is 0 Å². The number of allylic oxidation sites excluding steroid dienone is 1. The van der Waals surface area contributed by atoms with E-state index in [1.54, 1.807) is 6.08 Å². The Morgan fingerprint density at radius 3 is 2.53 bits per heavy atom. The summed E-state index contributed by atoms with van der Waals surface area (Å²) in [5, 5.41) is 11.7. The van der Waals surface area contributed by atoms with Crippen LogP contribution < -0.4 is 5.32 Å². The lowest BCUT2D eigenvalue weighted by Gasteiger charge is -2.14. The van der Waals surface area contributed by atoms with Crippen molar-refractivity contribution in [1.82, 2.24) is 5.32 Å². The standard InChI is InChI=1S/C12H23NO2/c1-4-5-11(6-7-14)9-13-12(15)8-10(2)3/h8,11,14H,4-7,9H2,1-3H3,(H,13,15). The molecule has 0 aliphatic heterocycles. The zero-order chi connectivity index (χ0) is 11.7. The Balaban J connectivity index is 3.87. The van der Waals surface area contributed by atoms with Crippen molar-refractivity contribution in [2.24, 2.45) is 5.92 Å². The van der Waals surface area contributed by atoms with Crippen LogP contribution in [0.5, 0.6) is 0 Å². The number of hydrogen-bond acceptors (Lipinski definition) is 2. The van der Waals surface area contributed by atoms with E-state index < -0.39 is 0 Å². The first kappa shape index (κ1) is 14.2. The van der Waals surface area contributed by atoms with Crippen molar-refractivity contribution in [3.63, 3.8) is 0 Å². The van der Waals surface area contributed by atoms with E-state index in [1.165, 1.54) is 0 Å². The van der Waals surface area contributed by atoms with Crippen LogP contribution in [-0.4, -0.2) is 24.2 Å². The minimum Gasteiger partial charge on any atom is -0.396 e. The van der Waals surface area contributed by atoms with E-state index in [0.29, 0.717) is 12.5 Å². The molecule has 0 saturated heterocycles. The zero-order valence-electron chi connectivity index (χ0n) is 10.0. The smallest absolute Gasteiger partial charge is 0.243 e. The molecule has 0 heterocycles. The molecule has 0 aromatic heterocycles. The van der Waals surface area contributed by atoms with Crippen molar-refractivity contribution in [2.75, 3.05) is 13.2 Å². The molecule has 3 heteroatoms. The fraction of sp³-hybridized carbons (Fsp3) is 0.750. The van der Waals surface area contributed by atoms with Crippen LogP contribution in [0.2, 0.25) is 0 Å². The maximum Gasteiger partial charge on any atom is 0.243 e. The van der Waals surface area contributed by atoms with Crippen LogP contribution in [0.1, 0.15) is 40.0 Å². The van der Waals surface area contributed by atoms with E-state index in [4.69, 9.17) is 5.11 Å². The average Bonchev–Trinajstić information content (AvgIpc) is 2.14. The summed E-state index contributed by atoms with van der Waals surface area (Å²) in [6.45, 7) is 6.77. The molecule has 0 rings (SSSR count). The van der Waals surface area contributed by atoms with Crippen molar-refractivity contribution in [3.8, 4) is 0 Å². The quantitative estimate of drug-likeness (QED) is 0.634. The van der Waals surface area contributed by atoms with Gasteiger partial charge >= 0.3 is 0 Å². The molecule has 0 fully saturated rings. The number of amides is 1. The minimum atomic E-state index is -0.0333. The summed E-state index contributed by atoms with van der Waals surface area (Å²) in [6, 6.07) is 0. The number of hydrogen-bond donors (Lipinski definition) is 2. The van der Waals surface area contributed by atoms with Crippen LogP contribution >= 0.6 is 0 Å². The first-order chi connectivity index (χ1) is 7.10. The van der Waals surface area contributed by atoms with Crippen molar-refractivity contribution in [3.05, 3.63) is 11.6 Å². The van der Waals surface area contributed by atoms with Crippen LogP contribution in [-0.2, 0) is 4.79 Å². The van der Waals surface area contributed by atoms with Crippen LogP contribution in [0.3, 0.4) is 0 Å². The van der Waals surface area contributed by atoms with Gasteiger partial charge in [-0.25, -0.2) is 0 Å². The molecule has 1 atom stereocenters. The topological polar surface area (TPSA) is 49.3 Å². The van der Waals surface area contributed by atoms with Gasteiger partial charge in [0, 0.05) is 19.2 Å². The molecule has 88 valence electrons. The second-order valence-electron chi connectivity index (χ2n) is 4.13. The second kappa shape index (κ2) is 8.48. The lowest BCUT2D eigenvalue weighted by atomic mass is 10.0. The Morgan fingerprint density at radius 2 is 2.07 bits per heavy atom. The predicted octanol–water partition coefficient (Wildman–Crippen LogP) is 1.87. The largest absolute Gasteiger partial charge is 0.396 e. The fourth-order valence-electron chi connectivity index (χ4n) is 1.50. The Bertz CT molecular complexity index is 202. The molecule has 0 bridgehead atoms. The van der Waals surface area contributed by atoms with Gasteiger partial charge in [0.25, 0.3) is 0 Å². The molecule has 0 aliphatic carbocycles. The van der Waals surface area contributed by atoms with E-state index in [9.17, 15) is 4.79 Å². The summed E-state index contributed by atoms with van der Waals surface area (Å²) in [7, 11) is 0. The van der Waals surface area contributed by atoms with Gasteiger partial charge in [-0.3, -0.25) is 4.79 Å². The van der Waals surface area contributed by atoms with Gasteiger partial charge < -0.3 is 10.4 Å². The molecule has 2 N–H and O–H groups in total. The van der Waals surface area contributed by atoms with E-state index >= 15 is 0 Å². The zero-order valence-corrected chi connectivity index (χ0v) is 10.0. The molecule has 0 aromatic rings. The molecule has 0 radical (unpaired) electrons. The third kappa shape index (κ3) is 8.18. The van der Waals surface area contributed by atoms with Crippen molar-refractivity contribution >= 4 is 5.91 Å². The van der Waals surface area contributed by atoms with Crippen molar-refractivity contribution < 1.29 is 9.90 Å². The summed E-state index contributed by atoms with van der Waals surface area (Å²) in [5.74, 6) is 0.364. The second-order valence-corrected chi connectivity index (χ2v) is 4.13. The number of aliphatic hydroxyl groups is 1. The van der Waals surface area contributed by atoms with Gasteiger partial charge in [0.05, 0.1) is 0 Å². The molecule has 15 heavy (non-hydrogen) atoms. The maximum atomic E-state index is 11.3. The van der Waals surface area contributed by atoms with Gasteiger partial charge in [-0.2, -0.15) is 0 Å². The third-order valence-electron chi connectivity index (χ3n) is 2.22. The first-order valence-corrected chi connectivity index (χ1v) is 5.63. The highest BCUT2D eigenvalue weighted by Gasteiger charge is 2.07. The first-order valence-electron chi connectivity index (χ1n) is 5.63. The predicted molar refractivity (Wildman–Crippen MR) is 62.5 cm³/mol. The molecule has 0 saturated carbocycles. The lowest BCUT2D eigenvalue weighted by molar-refractivity contribution is -0.116. The summed E-state index contributed by atoms with van der Waals surface area (Å²) >= 11 is 0. The van der Waals surface area contributed by atoms with E-state index in [2.05, 4.69) is 12.2 Å². The van der Waals surface area contributed by atoms with E-state index in [-0.39, 0.29) is 12.5 Å². The summed E-state index contributed by atoms with van der Waals surface area (Å²) in [4.78, 5) is 11.3. The molecule has 3 nitrogen and oxygen atoms in total. The van der Waals surface area contributed by atoms with E-state index in [0.717, 1.165) is 24.8 Å². The van der Waals surface area contributed by atoms with E-state index in [1.807, 2.05) is 13.8 Å². The van der Waals surface area contributed by atoms with Crippen molar-refractivity contribution in [2.45, 2.75) is 40.0 Å². The third-order valence-corrected chi connectivity index (χ3v) is 2.22. The summed E-state index contributed by atoms with van der Waals surface area (Å²) < 4.78 is 0. The Kier molecular flexibility index (Phi) is 8.01. The number of aliphatic hydroxyl groups excluding tert-OH is 1. The monoisotopic (exact) mass is 213 g/mol. The Morgan fingerprint density at radius 1 is 1.40 bits per heavy atom. The van der Waals surface area contributed by atoms with Gasteiger partial charge in [0.15, 0.2) is 0 Å². The van der Waals surface area contributed by atoms with Crippen LogP contribution in [0.25, 0.3) is 0 Å². The summed E-state index contributed by atoms with van der Waals surface area (Å²) in [5.41, 5.74) is 1.00. The lowest BCUT2D eigenvalue weighted by Crippen LogP contribution is -2.28. The van der Waals surface area contributed by atoms with Crippen LogP contribution in [0.4, 0.5) is 0 Å². The number of nitrogens with one attached hydrogen (secondary N) is 1. The molecule has 1 amide bonds. The molecular weight excluding hydrogens is 190 g/mol. The highest BCUT2D eigenvalue weighted by atomic mass is 16.3. The number of carbonyl (C=O) groups excluding carboxylic acids is 1. The van der Waals surface area contributed by atoms with Gasteiger partial charge in [0.1, 0.15) is 0 Å². The summed E-state index contributed by atoms with van der Waals surface area (Å²) in [6.07, 6.45) is 4.50. The molecule has 0 aromatic carbocycles. The molecule has 1 unspecified atom stereocenters. The highest BCUT2D eigenvalue weighted by Crippen LogP contribution is 2.09. The average molecular weight is 213 g/mol. The van der Waals surface area contributed by atoms with Gasteiger partial charge in [-0.1, -0.05) is 18.9 Å². The van der Waals surface area contributed by atoms with Crippen LogP contribution in [0, 0.1) is 5.92 Å². The van der Waals surface area contributed by atoms with Gasteiger partial charge in [-0.05, 0) is 32.6 Å². The molecule has 0 aliphatic rings. The Hall–Kier alpha value is -0.830. The normalized spacial score (nSPS) is 12.0. The number of rotatable bonds is 7. The molecular formula is C12H23NO2. The van der Waals surface area contributed by atoms with Crippen LogP contribution in [0.15, 0.2) is 11.6 Å². The van der Waals surface area contributed by atoms with Crippen molar-refractivity contribution in [1.29, 1.82) is 0 Å². The molecule has 0 spiro atoms. The Labute approximate surface area is 92.6 Å². The SMILES string of the molecule is CCCC(CCO)CNC(=O)C=C(C)C. The highest BCUT2D eigenvalue weighted by molar-refractivity contribution is 5.87. The minimum absolute atomic E-state index is 0.0333.